The van der Waals surface area contributed by atoms with Gasteiger partial charge in [-0.25, -0.2) is 0 Å². The Kier molecular flexibility index (Phi) is 7.51. The van der Waals surface area contributed by atoms with E-state index in [1.807, 2.05) is 19.1 Å². The number of para-hydroxylation sites is 1. The van der Waals surface area contributed by atoms with Gasteiger partial charge < -0.3 is 10.1 Å². The molecule has 0 fully saturated rings. The van der Waals surface area contributed by atoms with Gasteiger partial charge in [0.05, 0.1) is 17.9 Å². The fourth-order valence-corrected chi connectivity index (χ4v) is 3.86. The monoisotopic (exact) mass is 465 g/mol. The average molecular weight is 466 g/mol. The van der Waals surface area contributed by atoms with Crippen molar-refractivity contribution in [3.63, 3.8) is 0 Å². The maximum Gasteiger partial charge on any atom is 0.418 e. The van der Waals surface area contributed by atoms with E-state index in [1.54, 1.807) is 24.3 Å². The van der Waals surface area contributed by atoms with Crippen LogP contribution in [0.5, 0.6) is 5.75 Å². The predicted octanol–water partition coefficient (Wildman–Crippen LogP) is 7.30. The zero-order chi connectivity index (χ0) is 22.4. The van der Waals surface area contributed by atoms with Gasteiger partial charge in [0.15, 0.2) is 0 Å². The van der Waals surface area contributed by atoms with Gasteiger partial charge in [-0.15, -0.1) is 11.8 Å². The third kappa shape index (κ3) is 6.18. The van der Waals surface area contributed by atoms with Crippen molar-refractivity contribution in [3.8, 4) is 5.75 Å². The van der Waals surface area contributed by atoms with Crippen LogP contribution < -0.4 is 10.1 Å². The predicted molar refractivity (Wildman–Crippen MR) is 118 cm³/mol. The summed E-state index contributed by atoms with van der Waals surface area (Å²) in [5, 5.41) is 3.01. The molecule has 0 aliphatic carbocycles. The quantitative estimate of drug-likeness (QED) is 0.372. The molecule has 0 heterocycles. The summed E-state index contributed by atoms with van der Waals surface area (Å²) < 4.78 is 45.3. The molecular formula is C23H19ClF3NO2S. The third-order valence-corrected chi connectivity index (χ3v) is 5.62. The molecule has 3 rings (SSSR count). The first-order chi connectivity index (χ1) is 14.8. The molecule has 0 spiro atoms. The number of benzene rings is 3. The standard InChI is InChI=1S/C23H19ClF3NO2S/c1-2-30-21-12-7-15(13-16(21)14-31-18-10-8-17(24)9-11-18)22(29)28-20-6-4-3-5-19(20)23(25,26)27/h3-13H,2,14H2,1H3,(H,28,29). The van der Waals surface area contributed by atoms with E-state index in [2.05, 4.69) is 5.32 Å². The Morgan fingerprint density at radius 1 is 1.06 bits per heavy atom. The van der Waals surface area contributed by atoms with Crippen LogP contribution in [0.1, 0.15) is 28.4 Å². The Morgan fingerprint density at radius 3 is 2.45 bits per heavy atom. The van der Waals surface area contributed by atoms with E-state index < -0.39 is 17.6 Å². The van der Waals surface area contributed by atoms with Crippen LogP contribution in [0.25, 0.3) is 0 Å². The molecule has 3 nitrogen and oxygen atoms in total. The molecule has 0 aliphatic heterocycles. The van der Waals surface area contributed by atoms with E-state index in [0.717, 1.165) is 16.5 Å². The number of amides is 1. The second-order valence-corrected chi connectivity index (χ2v) is 7.98. The van der Waals surface area contributed by atoms with E-state index in [9.17, 15) is 18.0 Å². The first-order valence-corrected chi connectivity index (χ1v) is 10.8. The zero-order valence-corrected chi connectivity index (χ0v) is 18.1. The van der Waals surface area contributed by atoms with Gasteiger partial charge in [-0.1, -0.05) is 23.7 Å². The first kappa shape index (κ1) is 23.0. The highest BCUT2D eigenvalue weighted by molar-refractivity contribution is 7.98. The van der Waals surface area contributed by atoms with Gasteiger partial charge in [-0.3, -0.25) is 4.79 Å². The topological polar surface area (TPSA) is 38.3 Å². The molecule has 0 unspecified atom stereocenters. The summed E-state index contributed by atoms with van der Waals surface area (Å²) >= 11 is 7.45. The number of hydrogen-bond acceptors (Lipinski definition) is 3. The van der Waals surface area contributed by atoms with Crippen LogP contribution in [0.15, 0.2) is 71.6 Å². The van der Waals surface area contributed by atoms with Gasteiger partial charge in [-0.05, 0) is 61.5 Å². The second kappa shape index (κ2) is 10.1. The van der Waals surface area contributed by atoms with Crippen molar-refractivity contribution in [3.05, 3.63) is 88.4 Å². The lowest BCUT2D eigenvalue weighted by atomic mass is 10.1. The molecule has 31 heavy (non-hydrogen) atoms. The smallest absolute Gasteiger partial charge is 0.418 e. The highest BCUT2D eigenvalue weighted by atomic mass is 35.5. The van der Waals surface area contributed by atoms with Gasteiger partial charge >= 0.3 is 6.18 Å². The average Bonchev–Trinajstić information content (AvgIpc) is 2.74. The van der Waals surface area contributed by atoms with E-state index in [-0.39, 0.29) is 11.3 Å². The summed E-state index contributed by atoms with van der Waals surface area (Å²) in [5.74, 6) is 0.505. The van der Waals surface area contributed by atoms with E-state index in [1.165, 1.54) is 36.0 Å². The maximum atomic E-state index is 13.2. The van der Waals surface area contributed by atoms with E-state index in [4.69, 9.17) is 16.3 Å². The second-order valence-electron chi connectivity index (χ2n) is 6.50. The number of hydrogen-bond donors (Lipinski definition) is 1. The zero-order valence-electron chi connectivity index (χ0n) is 16.5. The summed E-state index contributed by atoms with van der Waals surface area (Å²) in [6.07, 6.45) is -4.57. The minimum absolute atomic E-state index is 0.243. The number of nitrogens with one attached hydrogen (secondary N) is 1. The minimum atomic E-state index is -4.57. The Balaban J connectivity index is 1.82. The molecule has 1 amide bonds. The lowest BCUT2D eigenvalue weighted by Crippen LogP contribution is -2.17. The van der Waals surface area contributed by atoms with Gasteiger partial charge in [0.1, 0.15) is 5.75 Å². The number of carbonyl (C=O) groups is 1. The van der Waals surface area contributed by atoms with Crippen LogP contribution in [0.4, 0.5) is 18.9 Å². The molecule has 8 heteroatoms. The molecule has 0 aromatic heterocycles. The molecule has 162 valence electrons. The molecule has 0 saturated heterocycles. The van der Waals surface area contributed by atoms with Crippen molar-refractivity contribution in [2.75, 3.05) is 11.9 Å². The van der Waals surface area contributed by atoms with Crippen molar-refractivity contribution >= 4 is 35.0 Å². The van der Waals surface area contributed by atoms with Gasteiger partial charge in [0, 0.05) is 26.8 Å². The SMILES string of the molecule is CCOc1ccc(C(=O)Nc2ccccc2C(F)(F)F)cc1CSc1ccc(Cl)cc1. The van der Waals surface area contributed by atoms with Crippen molar-refractivity contribution in [1.82, 2.24) is 0 Å². The summed E-state index contributed by atoms with van der Waals surface area (Å²) in [6.45, 7) is 2.30. The molecule has 3 aromatic rings. The first-order valence-electron chi connectivity index (χ1n) is 9.39. The fourth-order valence-electron chi connectivity index (χ4n) is 2.86. The number of rotatable bonds is 7. The molecule has 0 aliphatic rings. The Bertz CT molecular complexity index is 1060. The van der Waals surface area contributed by atoms with Gasteiger partial charge in [0.2, 0.25) is 0 Å². The minimum Gasteiger partial charge on any atom is -0.494 e. The van der Waals surface area contributed by atoms with Crippen LogP contribution in [0.3, 0.4) is 0 Å². The highest BCUT2D eigenvalue weighted by Crippen LogP contribution is 2.35. The van der Waals surface area contributed by atoms with Crippen molar-refractivity contribution in [2.45, 2.75) is 23.7 Å². The number of carbonyl (C=O) groups excluding carboxylic acids is 1. The van der Waals surface area contributed by atoms with Crippen LogP contribution in [-0.4, -0.2) is 12.5 Å². The maximum absolute atomic E-state index is 13.2. The molecular weight excluding hydrogens is 447 g/mol. The van der Waals surface area contributed by atoms with Gasteiger partial charge in [-0.2, -0.15) is 13.2 Å². The lowest BCUT2D eigenvalue weighted by molar-refractivity contribution is -0.136. The van der Waals surface area contributed by atoms with Crippen LogP contribution in [0.2, 0.25) is 5.02 Å². The van der Waals surface area contributed by atoms with E-state index in [0.29, 0.717) is 23.1 Å². The van der Waals surface area contributed by atoms with Crippen LogP contribution in [0, 0.1) is 0 Å². The van der Waals surface area contributed by atoms with Crippen molar-refractivity contribution in [1.29, 1.82) is 0 Å². The molecule has 0 bridgehead atoms. The molecule has 1 N–H and O–H groups in total. The highest BCUT2D eigenvalue weighted by Gasteiger charge is 2.33. The molecule has 0 radical (unpaired) electrons. The Hall–Kier alpha value is -2.64. The molecule has 3 aromatic carbocycles. The summed E-state index contributed by atoms with van der Waals surface area (Å²) in [4.78, 5) is 13.7. The Labute approximate surface area is 187 Å². The van der Waals surface area contributed by atoms with Crippen molar-refractivity contribution < 1.29 is 22.7 Å². The third-order valence-electron chi connectivity index (χ3n) is 4.31. The van der Waals surface area contributed by atoms with E-state index >= 15 is 0 Å². The van der Waals surface area contributed by atoms with Crippen molar-refractivity contribution in [2.24, 2.45) is 0 Å². The molecule has 0 atom stereocenters. The number of ether oxygens (including phenoxy) is 1. The number of halogens is 4. The summed E-state index contributed by atoms with van der Waals surface area (Å²) in [7, 11) is 0. The molecule has 0 saturated carbocycles. The summed E-state index contributed by atoms with van der Waals surface area (Å²) in [6, 6.07) is 17.1. The van der Waals surface area contributed by atoms with Gasteiger partial charge in [0.25, 0.3) is 5.91 Å². The Morgan fingerprint density at radius 2 is 1.77 bits per heavy atom. The number of alkyl halides is 3. The lowest BCUT2D eigenvalue weighted by Gasteiger charge is -2.15. The number of anilines is 1. The van der Waals surface area contributed by atoms with Crippen LogP contribution in [-0.2, 0) is 11.9 Å². The summed E-state index contributed by atoms with van der Waals surface area (Å²) in [5.41, 5.74) is -0.176. The largest absolute Gasteiger partial charge is 0.494 e. The number of thioether (sulfide) groups is 1. The fraction of sp³-hybridized carbons (Fsp3) is 0.174. The van der Waals surface area contributed by atoms with Crippen LogP contribution >= 0.6 is 23.4 Å². The normalized spacial score (nSPS) is 11.3.